The molecule has 0 rings (SSSR count). The van der Waals surface area contributed by atoms with Crippen LogP contribution in [0.4, 0.5) is 0 Å². The third-order valence-corrected chi connectivity index (χ3v) is 19.4. The van der Waals surface area contributed by atoms with Crippen molar-refractivity contribution >= 4 is 39.5 Å². The van der Waals surface area contributed by atoms with Crippen LogP contribution >= 0.6 is 15.6 Å². The predicted molar refractivity (Wildman–Crippen MR) is 377 cm³/mol. The van der Waals surface area contributed by atoms with Gasteiger partial charge in [0.2, 0.25) is 0 Å². The predicted octanol–water partition coefficient (Wildman–Crippen LogP) is 21.4. The van der Waals surface area contributed by atoms with E-state index in [1.165, 1.54) is 180 Å². The maximum atomic E-state index is 13.1. The molecule has 6 atom stereocenters. The van der Waals surface area contributed by atoms with Crippen LogP contribution in [-0.4, -0.2) is 96.7 Å². The van der Waals surface area contributed by atoms with Gasteiger partial charge < -0.3 is 33.8 Å². The van der Waals surface area contributed by atoms with Crippen LogP contribution in [-0.2, 0) is 65.4 Å². The van der Waals surface area contributed by atoms with Crippen LogP contribution in [0, 0.1) is 17.8 Å². The molecule has 0 saturated carbocycles. The molecule has 0 aliphatic heterocycles. The van der Waals surface area contributed by atoms with Crippen molar-refractivity contribution in [1.29, 1.82) is 0 Å². The van der Waals surface area contributed by atoms with Crippen molar-refractivity contribution < 1.29 is 80.2 Å². The first-order valence-electron chi connectivity index (χ1n) is 38.4. The third kappa shape index (κ3) is 67.0. The second kappa shape index (κ2) is 64.7. The van der Waals surface area contributed by atoms with E-state index in [-0.39, 0.29) is 25.7 Å². The average molecular weight is 1370 g/mol. The zero-order chi connectivity index (χ0) is 68.7. The molecule has 0 aromatic heterocycles. The van der Waals surface area contributed by atoms with E-state index in [1.54, 1.807) is 0 Å². The number of hydrogen-bond acceptors (Lipinski definition) is 15. The summed E-state index contributed by atoms with van der Waals surface area (Å²) in [6, 6.07) is 0. The van der Waals surface area contributed by atoms with Crippen LogP contribution in [0.15, 0.2) is 0 Å². The Hall–Kier alpha value is -1.94. The van der Waals surface area contributed by atoms with Crippen LogP contribution < -0.4 is 0 Å². The largest absolute Gasteiger partial charge is 0.472 e. The number of carbonyl (C=O) groups is 4. The molecule has 93 heavy (non-hydrogen) atoms. The fraction of sp³-hybridized carbons (Fsp3) is 0.946. The summed E-state index contributed by atoms with van der Waals surface area (Å²) in [4.78, 5) is 72.7. The van der Waals surface area contributed by atoms with Gasteiger partial charge in [0.25, 0.3) is 0 Å². The number of aliphatic hydroxyl groups excluding tert-OH is 1. The van der Waals surface area contributed by atoms with Crippen molar-refractivity contribution in [3.63, 3.8) is 0 Å². The van der Waals surface area contributed by atoms with Gasteiger partial charge in [-0.25, -0.2) is 9.13 Å². The minimum atomic E-state index is -4.96. The van der Waals surface area contributed by atoms with E-state index in [0.29, 0.717) is 25.7 Å². The maximum Gasteiger partial charge on any atom is 0.472 e. The number of unbranched alkanes of at least 4 members (excludes halogenated alkanes) is 39. The molecule has 0 aromatic carbocycles. The van der Waals surface area contributed by atoms with Gasteiger partial charge in [0, 0.05) is 25.7 Å². The van der Waals surface area contributed by atoms with E-state index < -0.39 is 97.5 Å². The smallest absolute Gasteiger partial charge is 0.462 e. The van der Waals surface area contributed by atoms with Gasteiger partial charge in [-0.3, -0.25) is 37.3 Å². The number of esters is 4. The van der Waals surface area contributed by atoms with Crippen LogP contribution in [0.5, 0.6) is 0 Å². The molecule has 0 radical (unpaired) electrons. The quantitative estimate of drug-likeness (QED) is 0.0222. The number of aliphatic hydroxyl groups is 1. The SMILES string of the molecule is CCCCCCCCCCCCCC(=O)O[C@H](COC(=O)CCCCCCCCC(C)CC)COP(=O)(O)OC[C@H](O)COP(=O)(O)OC[C@@H](COC(=O)CCCCCCCCCCCCCC(C)C)OC(=O)CCCCCCCCCCCCCCCCCC(C)C. The van der Waals surface area contributed by atoms with Gasteiger partial charge in [-0.15, -0.1) is 0 Å². The number of carbonyl (C=O) groups excluding carboxylic acids is 4. The Labute approximate surface area is 568 Å². The molecule has 0 aromatic rings. The summed E-state index contributed by atoms with van der Waals surface area (Å²) in [5.74, 6) is 0.184. The van der Waals surface area contributed by atoms with Gasteiger partial charge in [-0.1, -0.05) is 325 Å². The highest BCUT2D eigenvalue weighted by molar-refractivity contribution is 7.47. The summed E-state index contributed by atoms with van der Waals surface area (Å²) in [6.45, 7) is 11.9. The summed E-state index contributed by atoms with van der Waals surface area (Å²) in [7, 11) is -9.91. The highest BCUT2D eigenvalue weighted by atomic mass is 31.2. The van der Waals surface area contributed by atoms with Gasteiger partial charge in [-0.2, -0.15) is 0 Å². The fourth-order valence-corrected chi connectivity index (χ4v) is 12.8. The zero-order valence-corrected chi connectivity index (χ0v) is 62.5. The lowest BCUT2D eigenvalue weighted by molar-refractivity contribution is -0.161. The number of phosphoric acid groups is 2. The lowest BCUT2D eigenvalue weighted by Gasteiger charge is -2.21. The van der Waals surface area contributed by atoms with Gasteiger partial charge in [0.05, 0.1) is 26.4 Å². The van der Waals surface area contributed by atoms with E-state index in [2.05, 4.69) is 48.5 Å². The van der Waals surface area contributed by atoms with Crippen LogP contribution in [0.3, 0.4) is 0 Å². The lowest BCUT2D eigenvalue weighted by atomic mass is 10.00. The number of phosphoric ester groups is 2. The highest BCUT2D eigenvalue weighted by Crippen LogP contribution is 2.45. The van der Waals surface area contributed by atoms with E-state index >= 15 is 0 Å². The summed E-state index contributed by atoms with van der Waals surface area (Å²) in [5.41, 5.74) is 0. The van der Waals surface area contributed by atoms with Crippen LogP contribution in [0.25, 0.3) is 0 Å². The molecule has 3 unspecified atom stereocenters. The number of rotatable bonds is 72. The molecule has 0 bridgehead atoms. The van der Waals surface area contributed by atoms with Gasteiger partial charge in [0.1, 0.15) is 19.3 Å². The van der Waals surface area contributed by atoms with Crippen molar-refractivity contribution in [3.8, 4) is 0 Å². The monoisotopic (exact) mass is 1370 g/mol. The molecule has 0 aliphatic rings. The summed E-state index contributed by atoms with van der Waals surface area (Å²) in [6.07, 6.45) is 49.9. The molecule has 0 heterocycles. The molecule has 0 spiro atoms. The van der Waals surface area contributed by atoms with E-state index in [0.717, 1.165) is 114 Å². The van der Waals surface area contributed by atoms with Crippen molar-refractivity contribution in [3.05, 3.63) is 0 Å². The maximum absolute atomic E-state index is 13.1. The standard InChI is InChI=1S/C74H144O17P2/c1-8-10-11-12-13-14-21-29-34-43-50-57-73(78)91-70(62-85-72(77)56-49-42-37-36-40-47-54-67(7)9-2)64-89-93(82,83)87-60-68(75)59-86-92(80,81)88-63-69(61-84-71(76)55-48-41-33-28-25-20-23-27-32-39-46-53-66(5)6)90-74(79)58-51-44-35-30-24-19-17-15-16-18-22-26-31-38-45-52-65(3)4/h65-70,75H,8-64H2,1-7H3,(H,80,81)(H,82,83)/t67?,68-,69-,70-/m1/s1. The minimum absolute atomic E-state index is 0.106. The van der Waals surface area contributed by atoms with E-state index in [9.17, 15) is 43.2 Å². The molecule has 0 fully saturated rings. The van der Waals surface area contributed by atoms with E-state index in [1.807, 2.05) is 0 Å². The van der Waals surface area contributed by atoms with Crippen LogP contribution in [0.1, 0.15) is 376 Å². The van der Waals surface area contributed by atoms with Gasteiger partial charge >= 0.3 is 39.5 Å². The zero-order valence-electron chi connectivity index (χ0n) is 60.7. The summed E-state index contributed by atoms with van der Waals surface area (Å²) >= 11 is 0. The summed E-state index contributed by atoms with van der Waals surface area (Å²) < 4.78 is 68.4. The fourth-order valence-electron chi connectivity index (χ4n) is 11.2. The second-order valence-corrected chi connectivity index (χ2v) is 30.8. The Morgan fingerprint density at radius 2 is 0.548 bits per heavy atom. The highest BCUT2D eigenvalue weighted by Gasteiger charge is 2.30. The number of hydrogen-bond donors (Lipinski definition) is 3. The Bertz CT molecular complexity index is 1820. The lowest BCUT2D eigenvalue weighted by Crippen LogP contribution is -2.30. The Balaban J connectivity index is 5.24. The average Bonchev–Trinajstić information content (AvgIpc) is 1.64. The third-order valence-electron chi connectivity index (χ3n) is 17.5. The Morgan fingerprint density at radius 3 is 0.817 bits per heavy atom. The number of ether oxygens (including phenoxy) is 4. The molecular formula is C74H144O17P2. The summed E-state index contributed by atoms with van der Waals surface area (Å²) in [5, 5.41) is 10.6. The molecule has 19 heteroatoms. The Kier molecular flexibility index (Phi) is 63.4. The topological polar surface area (TPSA) is 237 Å². The first-order chi connectivity index (χ1) is 44.8. The van der Waals surface area contributed by atoms with Crippen LogP contribution in [0.2, 0.25) is 0 Å². The second-order valence-electron chi connectivity index (χ2n) is 27.9. The minimum Gasteiger partial charge on any atom is -0.462 e. The first-order valence-corrected chi connectivity index (χ1v) is 41.4. The van der Waals surface area contributed by atoms with Gasteiger partial charge in [-0.05, 0) is 43.4 Å². The van der Waals surface area contributed by atoms with E-state index in [4.69, 9.17) is 37.0 Å². The van der Waals surface area contributed by atoms with Crippen molar-refractivity contribution in [2.75, 3.05) is 39.6 Å². The first kappa shape index (κ1) is 91.1. The molecule has 0 aliphatic carbocycles. The normalized spacial score (nSPS) is 14.4. The molecule has 0 saturated heterocycles. The van der Waals surface area contributed by atoms with Crippen molar-refractivity contribution in [2.24, 2.45) is 17.8 Å². The van der Waals surface area contributed by atoms with Crippen molar-refractivity contribution in [1.82, 2.24) is 0 Å². The molecule has 0 amide bonds. The Morgan fingerprint density at radius 1 is 0.312 bits per heavy atom. The molecule has 3 N–H and O–H groups in total. The molecular weight excluding hydrogens is 1220 g/mol. The van der Waals surface area contributed by atoms with Crippen molar-refractivity contribution in [2.45, 2.75) is 394 Å². The van der Waals surface area contributed by atoms with Gasteiger partial charge in [0.15, 0.2) is 12.2 Å². The molecule has 17 nitrogen and oxygen atoms in total. The molecule has 552 valence electrons.